The molecular formula is C29H33F2N3O4. The molecule has 2 fully saturated rings. The fourth-order valence-electron chi connectivity index (χ4n) is 6.14. The van der Waals surface area contributed by atoms with Gasteiger partial charge in [-0.2, -0.15) is 0 Å². The Hall–Kier alpha value is -3.59. The van der Waals surface area contributed by atoms with E-state index in [1.807, 2.05) is 25.1 Å². The molecule has 9 heteroatoms. The van der Waals surface area contributed by atoms with Crippen LogP contribution in [0, 0.1) is 18.6 Å². The number of hydrogen-bond donors (Lipinski definition) is 2. The van der Waals surface area contributed by atoms with Crippen molar-refractivity contribution in [3.05, 3.63) is 77.2 Å². The van der Waals surface area contributed by atoms with Gasteiger partial charge in [-0.1, -0.05) is 6.07 Å². The Bertz CT molecular complexity index is 1310. The summed E-state index contributed by atoms with van der Waals surface area (Å²) in [4.78, 5) is 15.2. The summed E-state index contributed by atoms with van der Waals surface area (Å²) >= 11 is 0. The first-order chi connectivity index (χ1) is 18.3. The molecule has 0 spiro atoms. The molecule has 7 nitrogen and oxygen atoms in total. The number of carbonyl (C=O) groups is 1. The van der Waals surface area contributed by atoms with Gasteiger partial charge in [0.2, 0.25) is 0 Å². The van der Waals surface area contributed by atoms with Gasteiger partial charge in [-0.05, 0) is 81.1 Å². The topological polar surface area (TPSA) is 76.0 Å². The van der Waals surface area contributed by atoms with Crippen LogP contribution < -0.4 is 20.1 Å². The predicted octanol–water partition coefficient (Wildman–Crippen LogP) is 5.77. The average molecular weight is 526 g/mol. The molecule has 38 heavy (non-hydrogen) atoms. The van der Waals surface area contributed by atoms with Gasteiger partial charge in [0.15, 0.2) is 23.1 Å². The first kappa shape index (κ1) is 26.0. The molecule has 2 heterocycles. The lowest BCUT2D eigenvalue weighted by molar-refractivity contribution is 0.124. The number of ether oxygens (including phenoxy) is 2. The van der Waals surface area contributed by atoms with Crippen LogP contribution in [0.15, 0.2) is 52.9 Å². The van der Waals surface area contributed by atoms with Crippen molar-refractivity contribution < 1.29 is 27.5 Å². The summed E-state index contributed by atoms with van der Waals surface area (Å²) in [7, 11) is 3.27. The monoisotopic (exact) mass is 525 g/mol. The van der Waals surface area contributed by atoms with Crippen molar-refractivity contribution in [3.8, 4) is 11.5 Å². The van der Waals surface area contributed by atoms with E-state index in [0.717, 1.165) is 55.9 Å². The van der Waals surface area contributed by atoms with Crippen molar-refractivity contribution in [2.75, 3.05) is 26.1 Å². The molecule has 0 bridgehead atoms. The minimum Gasteiger partial charge on any atom is -0.493 e. The third-order valence-electron chi connectivity index (χ3n) is 8.00. The number of urea groups is 1. The number of aryl methyl sites for hydroxylation is 1. The lowest BCUT2D eigenvalue weighted by Crippen LogP contribution is -2.52. The molecule has 1 aromatic heterocycles. The summed E-state index contributed by atoms with van der Waals surface area (Å²) in [6.07, 6.45) is 3.36. The molecule has 0 unspecified atom stereocenters. The molecular weight excluding hydrogens is 492 g/mol. The van der Waals surface area contributed by atoms with Crippen molar-refractivity contribution >= 4 is 11.7 Å². The number of methoxy groups -OCH3 is 2. The van der Waals surface area contributed by atoms with Gasteiger partial charge in [-0.25, -0.2) is 13.6 Å². The summed E-state index contributed by atoms with van der Waals surface area (Å²) in [5, 5.41) is 5.67. The number of benzene rings is 2. The van der Waals surface area contributed by atoms with Crippen LogP contribution in [-0.4, -0.2) is 43.8 Å². The Labute approximate surface area is 221 Å². The number of carbonyl (C=O) groups excluding carboxylic acids is 1. The summed E-state index contributed by atoms with van der Waals surface area (Å²) in [5.74, 6) is 1.22. The predicted molar refractivity (Wildman–Crippen MR) is 140 cm³/mol. The Morgan fingerprint density at radius 3 is 2.58 bits per heavy atom. The van der Waals surface area contributed by atoms with Gasteiger partial charge in [0.1, 0.15) is 11.5 Å². The molecule has 5 rings (SSSR count). The van der Waals surface area contributed by atoms with Crippen LogP contribution in [0.5, 0.6) is 11.5 Å². The zero-order valence-corrected chi connectivity index (χ0v) is 21.9. The minimum absolute atomic E-state index is 0.0856. The molecule has 2 aromatic carbocycles. The second-order valence-corrected chi connectivity index (χ2v) is 10.2. The molecule has 3 atom stereocenters. The quantitative estimate of drug-likeness (QED) is 0.410. The number of halogens is 2. The number of amides is 2. The van der Waals surface area contributed by atoms with E-state index in [9.17, 15) is 13.6 Å². The number of fused-ring (bicyclic) bond motifs is 1. The highest BCUT2D eigenvalue weighted by molar-refractivity contribution is 5.89. The lowest BCUT2D eigenvalue weighted by atomic mass is 9.65. The molecule has 202 valence electrons. The number of nitrogens with zero attached hydrogens (tertiary/aromatic N) is 1. The first-order valence-corrected chi connectivity index (χ1v) is 12.9. The van der Waals surface area contributed by atoms with E-state index in [4.69, 9.17) is 13.9 Å². The minimum atomic E-state index is -1.00. The first-order valence-electron chi connectivity index (χ1n) is 12.9. The highest BCUT2D eigenvalue weighted by atomic mass is 19.2. The highest BCUT2D eigenvalue weighted by Crippen LogP contribution is 2.50. The van der Waals surface area contributed by atoms with Gasteiger partial charge in [0.05, 0.1) is 20.8 Å². The van der Waals surface area contributed by atoms with E-state index >= 15 is 0 Å². The number of nitrogens with one attached hydrogen (secondary N) is 2. The zero-order chi connectivity index (χ0) is 26.9. The maximum absolute atomic E-state index is 13.6. The third kappa shape index (κ3) is 5.07. The van der Waals surface area contributed by atoms with Crippen molar-refractivity contribution in [2.24, 2.45) is 0 Å². The van der Waals surface area contributed by atoms with E-state index in [-0.39, 0.29) is 23.2 Å². The van der Waals surface area contributed by atoms with Crippen molar-refractivity contribution in [1.29, 1.82) is 0 Å². The summed E-state index contributed by atoms with van der Waals surface area (Å²) in [5.41, 5.74) is 1.28. The second kappa shape index (κ2) is 10.6. The fourth-order valence-corrected chi connectivity index (χ4v) is 6.14. The summed E-state index contributed by atoms with van der Waals surface area (Å²) < 4.78 is 43.8. The summed E-state index contributed by atoms with van der Waals surface area (Å²) in [6.45, 7) is 3.52. The largest absolute Gasteiger partial charge is 0.493 e. The molecule has 1 saturated carbocycles. The Kier molecular flexibility index (Phi) is 7.29. The Morgan fingerprint density at radius 1 is 1.05 bits per heavy atom. The molecule has 1 saturated heterocycles. The molecule has 3 aromatic rings. The number of anilines is 1. The SMILES string of the molecule is COc1ccc([C@@]23CC[C@@H](NC(=O)Nc4ccc(F)c(F)c4)C[C@@H]2N(Cc2ccc(C)o2)CC3)cc1OC. The maximum atomic E-state index is 13.6. The van der Waals surface area contributed by atoms with Crippen LogP contribution in [0.3, 0.4) is 0 Å². The van der Waals surface area contributed by atoms with Crippen LogP contribution in [0.2, 0.25) is 0 Å². The smallest absolute Gasteiger partial charge is 0.319 e. The maximum Gasteiger partial charge on any atom is 0.319 e. The number of hydrogen-bond acceptors (Lipinski definition) is 5. The van der Waals surface area contributed by atoms with Gasteiger partial charge in [0.25, 0.3) is 0 Å². The number of likely N-dealkylation sites (tertiary alicyclic amines) is 1. The molecule has 2 amide bonds. The van der Waals surface area contributed by atoms with E-state index < -0.39 is 17.7 Å². The average Bonchev–Trinajstić information content (AvgIpc) is 3.49. The van der Waals surface area contributed by atoms with Crippen LogP contribution in [0.1, 0.15) is 42.8 Å². The van der Waals surface area contributed by atoms with Gasteiger partial charge >= 0.3 is 6.03 Å². The van der Waals surface area contributed by atoms with Crippen LogP contribution in [-0.2, 0) is 12.0 Å². The van der Waals surface area contributed by atoms with Crippen LogP contribution in [0.4, 0.5) is 19.3 Å². The number of rotatable bonds is 7. The van der Waals surface area contributed by atoms with Gasteiger partial charge in [0, 0.05) is 29.3 Å². The Balaban J connectivity index is 1.37. The van der Waals surface area contributed by atoms with Crippen LogP contribution >= 0.6 is 0 Å². The normalized spacial score (nSPS) is 23.1. The standard InChI is InChI=1S/C29H33F2N3O4/c1-18-4-7-22(38-18)17-34-13-12-29(19-5-9-25(36-2)26(14-19)37-3)11-10-21(16-27(29)34)33-28(35)32-20-6-8-23(30)24(31)15-20/h4-9,14-15,21,27H,10-13,16-17H2,1-3H3,(H2,32,33,35)/t21-,27+,29+/m1/s1. The van der Waals surface area contributed by atoms with Crippen molar-refractivity contribution in [1.82, 2.24) is 10.2 Å². The van der Waals surface area contributed by atoms with Crippen molar-refractivity contribution in [2.45, 2.75) is 56.7 Å². The Morgan fingerprint density at radius 2 is 1.87 bits per heavy atom. The summed E-state index contributed by atoms with van der Waals surface area (Å²) in [6, 6.07) is 13.1. The van der Waals surface area contributed by atoms with Crippen molar-refractivity contribution in [3.63, 3.8) is 0 Å². The van der Waals surface area contributed by atoms with Gasteiger partial charge in [-0.3, -0.25) is 4.90 Å². The molecule has 2 aliphatic rings. The zero-order valence-electron chi connectivity index (χ0n) is 21.9. The van der Waals surface area contributed by atoms with E-state index in [1.165, 1.54) is 11.6 Å². The molecule has 0 radical (unpaired) electrons. The van der Waals surface area contributed by atoms with Crippen LogP contribution in [0.25, 0.3) is 0 Å². The second-order valence-electron chi connectivity index (χ2n) is 10.2. The van der Waals surface area contributed by atoms with E-state index in [1.54, 1.807) is 14.2 Å². The van der Waals surface area contributed by atoms with Gasteiger partial charge < -0.3 is 24.5 Å². The van der Waals surface area contributed by atoms with E-state index in [0.29, 0.717) is 18.0 Å². The molecule has 1 aliphatic carbocycles. The lowest BCUT2D eigenvalue weighted by Gasteiger charge is -2.45. The van der Waals surface area contributed by atoms with E-state index in [2.05, 4.69) is 27.7 Å². The molecule has 1 aliphatic heterocycles. The fraction of sp³-hybridized carbons (Fsp3) is 0.414. The highest BCUT2D eigenvalue weighted by Gasteiger charge is 2.52. The number of furan rings is 1. The molecule has 2 N–H and O–H groups in total. The third-order valence-corrected chi connectivity index (χ3v) is 8.00. The van der Waals surface area contributed by atoms with Gasteiger partial charge in [-0.15, -0.1) is 0 Å².